The summed E-state index contributed by atoms with van der Waals surface area (Å²) in [7, 11) is -3.12. The molecule has 5 heteroatoms. The summed E-state index contributed by atoms with van der Waals surface area (Å²) in [5.74, 6) is 0.125. The zero-order valence-corrected chi connectivity index (χ0v) is 12.0. The van der Waals surface area contributed by atoms with Crippen molar-refractivity contribution in [3.63, 3.8) is 0 Å². The van der Waals surface area contributed by atoms with E-state index in [-0.39, 0.29) is 11.9 Å². The number of rotatable bonds is 4. The van der Waals surface area contributed by atoms with Crippen LogP contribution in [-0.2, 0) is 9.84 Å². The van der Waals surface area contributed by atoms with Gasteiger partial charge in [-0.15, -0.1) is 0 Å². The van der Waals surface area contributed by atoms with E-state index in [1.807, 2.05) is 12.1 Å². The zero-order chi connectivity index (χ0) is 13.9. The van der Waals surface area contributed by atoms with Gasteiger partial charge < -0.3 is 10.4 Å². The molecule has 1 aliphatic rings. The Kier molecular flexibility index (Phi) is 4.47. The van der Waals surface area contributed by atoms with Crippen LogP contribution in [0.25, 0.3) is 0 Å². The molecule has 0 atom stereocenters. The highest BCUT2D eigenvalue weighted by Crippen LogP contribution is 2.23. The molecule has 1 aliphatic carbocycles. The molecule has 19 heavy (non-hydrogen) atoms. The Morgan fingerprint density at radius 1 is 1.16 bits per heavy atom. The summed E-state index contributed by atoms with van der Waals surface area (Å²) in [5.41, 5.74) is 0.941. The van der Waals surface area contributed by atoms with Gasteiger partial charge in [-0.05, 0) is 49.9 Å². The fraction of sp³-hybridized carbons (Fsp3) is 0.571. The summed E-state index contributed by atoms with van der Waals surface area (Å²) in [5, 5.41) is 12.8. The first-order valence-electron chi connectivity index (χ1n) is 6.78. The van der Waals surface area contributed by atoms with Gasteiger partial charge in [0.2, 0.25) is 0 Å². The van der Waals surface area contributed by atoms with Gasteiger partial charge in [0.05, 0.1) is 16.8 Å². The molecule has 2 rings (SSSR count). The van der Waals surface area contributed by atoms with Gasteiger partial charge in [0.15, 0.2) is 9.84 Å². The zero-order valence-electron chi connectivity index (χ0n) is 11.2. The van der Waals surface area contributed by atoms with Crippen LogP contribution in [0.3, 0.4) is 0 Å². The van der Waals surface area contributed by atoms with E-state index in [1.165, 1.54) is 0 Å². The average Bonchev–Trinajstić information content (AvgIpc) is 2.42. The predicted molar refractivity (Wildman–Crippen MR) is 76.1 cm³/mol. The molecule has 2 N–H and O–H groups in total. The van der Waals surface area contributed by atoms with E-state index in [0.717, 1.165) is 31.4 Å². The van der Waals surface area contributed by atoms with Crippen molar-refractivity contribution in [1.29, 1.82) is 0 Å². The van der Waals surface area contributed by atoms with Crippen molar-refractivity contribution < 1.29 is 13.5 Å². The maximum absolute atomic E-state index is 11.7. The molecule has 4 nitrogen and oxygen atoms in total. The van der Waals surface area contributed by atoms with Gasteiger partial charge in [-0.1, -0.05) is 6.92 Å². The van der Waals surface area contributed by atoms with Crippen LogP contribution in [0.2, 0.25) is 0 Å². The SMILES string of the molecule is CCS(=O)(=O)c1ccc(NC2CCC(O)CC2)cc1. The number of nitrogens with one attached hydrogen (secondary N) is 1. The molecule has 1 fully saturated rings. The van der Waals surface area contributed by atoms with Crippen LogP contribution < -0.4 is 5.32 Å². The van der Waals surface area contributed by atoms with Crippen LogP contribution in [-0.4, -0.2) is 31.4 Å². The van der Waals surface area contributed by atoms with E-state index in [2.05, 4.69) is 5.32 Å². The molecule has 0 spiro atoms. The van der Waals surface area contributed by atoms with E-state index in [9.17, 15) is 13.5 Å². The highest BCUT2D eigenvalue weighted by molar-refractivity contribution is 7.91. The molecule has 1 saturated carbocycles. The molecule has 0 aliphatic heterocycles. The van der Waals surface area contributed by atoms with Crippen LogP contribution in [0.5, 0.6) is 0 Å². The smallest absolute Gasteiger partial charge is 0.178 e. The summed E-state index contributed by atoms with van der Waals surface area (Å²) < 4.78 is 23.4. The largest absolute Gasteiger partial charge is 0.393 e. The lowest BCUT2D eigenvalue weighted by Gasteiger charge is -2.27. The monoisotopic (exact) mass is 283 g/mol. The molecule has 1 aromatic carbocycles. The summed E-state index contributed by atoms with van der Waals surface area (Å²) >= 11 is 0. The number of sulfone groups is 1. The Morgan fingerprint density at radius 3 is 2.26 bits per heavy atom. The lowest BCUT2D eigenvalue weighted by Crippen LogP contribution is -2.28. The highest BCUT2D eigenvalue weighted by atomic mass is 32.2. The van der Waals surface area contributed by atoms with Crippen molar-refractivity contribution in [1.82, 2.24) is 0 Å². The Bertz CT molecular complexity index is 502. The second kappa shape index (κ2) is 5.92. The first-order chi connectivity index (χ1) is 9.01. The summed E-state index contributed by atoms with van der Waals surface area (Å²) in [6.45, 7) is 1.65. The van der Waals surface area contributed by atoms with Gasteiger partial charge >= 0.3 is 0 Å². The highest BCUT2D eigenvalue weighted by Gasteiger charge is 2.19. The predicted octanol–water partition coefficient (Wildman–Crippen LogP) is 2.20. The number of aliphatic hydroxyl groups is 1. The minimum absolute atomic E-state index is 0.125. The molecule has 0 heterocycles. The Balaban J connectivity index is 1.99. The average molecular weight is 283 g/mol. The van der Waals surface area contributed by atoms with Gasteiger partial charge in [-0.25, -0.2) is 8.42 Å². The standard InChI is InChI=1S/C14H21NO3S/c1-2-19(17,18)14-9-5-12(6-10-14)15-11-3-7-13(16)8-4-11/h5-6,9-11,13,15-16H,2-4,7-8H2,1H3. The molecule has 0 bridgehead atoms. The minimum Gasteiger partial charge on any atom is -0.393 e. The molecule has 0 unspecified atom stereocenters. The molecule has 0 amide bonds. The summed E-state index contributed by atoms with van der Waals surface area (Å²) in [6.07, 6.45) is 3.42. The first kappa shape index (κ1) is 14.3. The van der Waals surface area contributed by atoms with Crippen molar-refractivity contribution in [3.05, 3.63) is 24.3 Å². The third-order valence-electron chi connectivity index (χ3n) is 3.66. The lowest BCUT2D eigenvalue weighted by molar-refractivity contribution is 0.126. The molecule has 0 saturated heterocycles. The van der Waals surface area contributed by atoms with E-state index in [4.69, 9.17) is 0 Å². The number of anilines is 1. The third-order valence-corrected chi connectivity index (χ3v) is 5.41. The van der Waals surface area contributed by atoms with E-state index in [1.54, 1.807) is 19.1 Å². The topological polar surface area (TPSA) is 66.4 Å². The van der Waals surface area contributed by atoms with Crippen LogP contribution in [0.15, 0.2) is 29.2 Å². The third kappa shape index (κ3) is 3.70. The lowest BCUT2D eigenvalue weighted by atomic mass is 9.93. The number of hydrogen-bond donors (Lipinski definition) is 2. The fourth-order valence-electron chi connectivity index (χ4n) is 2.38. The van der Waals surface area contributed by atoms with Crippen molar-refractivity contribution >= 4 is 15.5 Å². The van der Waals surface area contributed by atoms with Crippen molar-refractivity contribution in [2.75, 3.05) is 11.1 Å². The molecule has 0 radical (unpaired) electrons. The normalized spacial score (nSPS) is 24.1. The fourth-order valence-corrected chi connectivity index (χ4v) is 3.27. The first-order valence-corrected chi connectivity index (χ1v) is 8.44. The molecule has 0 aromatic heterocycles. The Hall–Kier alpha value is -1.07. The van der Waals surface area contributed by atoms with Gasteiger partial charge in [0, 0.05) is 11.7 Å². The summed E-state index contributed by atoms with van der Waals surface area (Å²) in [4.78, 5) is 0.375. The maximum atomic E-state index is 11.7. The van der Waals surface area contributed by atoms with Gasteiger partial charge in [0.1, 0.15) is 0 Å². The van der Waals surface area contributed by atoms with Gasteiger partial charge in [-0.2, -0.15) is 0 Å². The number of hydrogen-bond acceptors (Lipinski definition) is 4. The van der Waals surface area contributed by atoms with E-state index < -0.39 is 9.84 Å². The summed E-state index contributed by atoms with van der Waals surface area (Å²) in [6, 6.07) is 7.30. The molecular formula is C14H21NO3S. The van der Waals surface area contributed by atoms with Crippen LogP contribution >= 0.6 is 0 Å². The second-order valence-corrected chi connectivity index (χ2v) is 7.36. The number of aliphatic hydroxyl groups excluding tert-OH is 1. The van der Waals surface area contributed by atoms with Crippen molar-refractivity contribution in [2.45, 2.75) is 49.6 Å². The molecule has 1 aromatic rings. The second-order valence-electron chi connectivity index (χ2n) is 5.08. The Morgan fingerprint density at radius 2 is 1.74 bits per heavy atom. The van der Waals surface area contributed by atoms with Crippen LogP contribution in [0, 0.1) is 0 Å². The van der Waals surface area contributed by atoms with Gasteiger partial charge in [0.25, 0.3) is 0 Å². The van der Waals surface area contributed by atoms with Gasteiger partial charge in [-0.3, -0.25) is 0 Å². The van der Waals surface area contributed by atoms with Crippen molar-refractivity contribution in [2.24, 2.45) is 0 Å². The van der Waals surface area contributed by atoms with Crippen LogP contribution in [0.1, 0.15) is 32.6 Å². The molecule has 106 valence electrons. The number of benzene rings is 1. The molecular weight excluding hydrogens is 262 g/mol. The minimum atomic E-state index is -3.12. The Labute approximate surface area is 114 Å². The van der Waals surface area contributed by atoms with Crippen molar-refractivity contribution in [3.8, 4) is 0 Å². The van der Waals surface area contributed by atoms with Crippen LogP contribution in [0.4, 0.5) is 5.69 Å². The van der Waals surface area contributed by atoms with E-state index >= 15 is 0 Å². The van der Waals surface area contributed by atoms with E-state index in [0.29, 0.717) is 10.9 Å². The quantitative estimate of drug-likeness (QED) is 0.889. The maximum Gasteiger partial charge on any atom is 0.178 e.